The molecule has 1 heterocycles. The van der Waals surface area contributed by atoms with E-state index in [0.29, 0.717) is 15.6 Å². The lowest BCUT2D eigenvalue weighted by Gasteiger charge is -2.14. The lowest BCUT2D eigenvalue weighted by atomic mass is 10.1. The van der Waals surface area contributed by atoms with E-state index in [1.807, 2.05) is 13.0 Å². The number of ether oxygens (including phenoxy) is 1. The smallest absolute Gasteiger partial charge is 0.255 e. The molecule has 3 N–H and O–H groups in total. The van der Waals surface area contributed by atoms with Crippen molar-refractivity contribution in [3.05, 3.63) is 51.2 Å². The zero-order chi connectivity index (χ0) is 16.1. The number of thiophene rings is 1. The highest BCUT2D eigenvalue weighted by Gasteiger charge is 2.16. The summed E-state index contributed by atoms with van der Waals surface area (Å²) in [6.45, 7) is 1.59. The average molecular weight is 339 g/mol. The molecule has 22 heavy (non-hydrogen) atoms. The third kappa shape index (κ3) is 4.22. The summed E-state index contributed by atoms with van der Waals surface area (Å²) >= 11 is 7.31. The second-order valence-corrected chi connectivity index (χ2v) is 6.33. The number of primary amides is 1. The van der Waals surface area contributed by atoms with Crippen LogP contribution in [0.5, 0.6) is 5.75 Å². The van der Waals surface area contributed by atoms with Crippen molar-refractivity contribution in [2.75, 3.05) is 6.61 Å². The summed E-state index contributed by atoms with van der Waals surface area (Å²) in [4.78, 5) is 24.1. The number of para-hydroxylation sites is 1. The molecule has 0 aliphatic rings. The molecule has 116 valence electrons. The molecule has 1 aromatic carbocycles. The van der Waals surface area contributed by atoms with E-state index >= 15 is 0 Å². The number of amides is 2. The van der Waals surface area contributed by atoms with Gasteiger partial charge in [-0.3, -0.25) is 9.59 Å². The Morgan fingerprint density at radius 2 is 2.05 bits per heavy atom. The van der Waals surface area contributed by atoms with Gasteiger partial charge in [0.25, 0.3) is 11.8 Å². The summed E-state index contributed by atoms with van der Waals surface area (Å²) in [5.74, 6) is -0.580. The number of hydrogen-bond donors (Lipinski definition) is 2. The molecule has 0 radical (unpaired) electrons. The van der Waals surface area contributed by atoms with Gasteiger partial charge in [-0.1, -0.05) is 23.7 Å². The molecule has 0 fully saturated rings. The van der Waals surface area contributed by atoms with Gasteiger partial charge in [0.1, 0.15) is 5.75 Å². The first-order valence-corrected chi connectivity index (χ1v) is 7.73. The average Bonchev–Trinajstić information content (AvgIpc) is 2.92. The fraction of sp³-hybridized carbons (Fsp3) is 0.200. The van der Waals surface area contributed by atoms with Gasteiger partial charge in [0.2, 0.25) is 0 Å². The Morgan fingerprint density at radius 3 is 2.68 bits per heavy atom. The summed E-state index contributed by atoms with van der Waals surface area (Å²) in [7, 11) is 0. The van der Waals surface area contributed by atoms with Crippen LogP contribution in [-0.4, -0.2) is 18.4 Å². The van der Waals surface area contributed by atoms with Crippen LogP contribution in [0.2, 0.25) is 4.34 Å². The number of nitrogens with one attached hydrogen (secondary N) is 1. The molecule has 5 nitrogen and oxygen atoms in total. The second kappa shape index (κ2) is 7.29. The van der Waals surface area contributed by atoms with Crippen molar-refractivity contribution in [3.8, 4) is 5.75 Å². The Kier molecular flexibility index (Phi) is 5.41. The normalized spacial score (nSPS) is 11.7. The number of rotatable bonds is 6. The summed E-state index contributed by atoms with van der Waals surface area (Å²) in [6, 6.07) is 10.1. The number of nitrogens with two attached hydrogens (primary N) is 1. The molecule has 7 heteroatoms. The topological polar surface area (TPSA) is 81.4 Å². The zero-order valence-electron chi connectivity index (χ0n) is 11.8. The Balaban J connectivity index is 2.10. The van der Waals surface area contributed by atoms with E-state index in [1.54, 1.807) is 30.3 Å². The molecule has 0 bridgehead atoms. The van der Waals surface area contributed by atoms with Crippen molar-refractivity contribution in [1.82, 2.24) is 5.32 Å². The minimum absolute atomic E-state index is 0.186. The Bertz CT molecular complexity index is 687. The van der Waals surface area contributed by atoms with Gasteiger partial charge < -0.3 is 15.8 Å². The zero-order valence-corrected chi connectivity index (χ0v) is 13.4. The first-order valence-electron chi connectivity index (χ1n) is 6.53. The van der Waals surface area contributed by atoms with E-state index in [4.69, 9.17) is 22.1 Å². The monoisotopic (exact) mass is 338 g/mol. The van der Waals surface area contributed by atoms with Gasteiger partial charge in [0, 0.05) is 4.88 Å². The van der Waals surface area contributed by atoms with Crippen molar-refractivity contribution in [2.45, 2.75) is 13.0 Å². The van der Waals surface area contributed by atoms with Gasteiger partial charge in [-0.15, -0.1) is 11.3 Å². The van der Waals surface area contributed by atoms with Gasteiger partial charge in [0.15, 0.2) is 6.61 Å². The van der Waals surface area contributed by atoms with E-state index in [2.05, 4.69) is 5.32 Å². The maximum absolute atomic E-state index is 12.4. The lowest BCUT2D eigenvalue weighted by molar-refractivity contribution is -0.119. The van der Waals surface area contributed by atoms with Gasteiger partial charge in [-0.2, -0.15) is 0 Å². The lowest BCUT2D eigenvalue weighted by Crippen LogP contribution is -2.27. The quantitative estimate of drug-likeness (QED) is 0.849. The highest BCUT2D eigenvalue weighted by Crippen LogP contribution is 2.27. The fourth-order valence-corrected chi connectivity index (χ4v) is 2.90. The van der Waals surface area contributed by atoms with E-state index in [9.17, 15) is 9.59 Å². The van der Waals surface area contributed by atoms with Gasteiger partial charge in [-0.25, -0.2) is 0 Å². The largest absolute Gasteiger partial charge is 0.483 e. The summed E-state index contributed by atoms with van der Waals surface area (Å²) in [6.07, 6.45) is 0. The molecular formula is C15H15ClN2O3S. The number of halogens is 1. The fourth-order valence-electron chi connectivity index (χ4n) is 1.84. The van der Waals surface area contributed by atoms with Crippen molar-refractivity contribution in [3.63, 3.8) is 0 Å². The van der Waals surface area contributed by atoms with Crippen molar-refractivity contribution in [2.24, 2.45) is 5.73 Å². The third-order valence-corrected chi connectivity index (χ3v) is 4.28. The van der Waals surface area contributed by atoms with Crippen LogP contribution in [0.4, 0.5) is 0 Å². The molecule has 0 saturated heterocycles. The third-order valence-electron chi connectivity index (χ3n) is 2.87. The maximum atomic E-state index is 12.4. The molecule has 0 aliphatic carbocycles. The first kappa shape index (κ1) is 16.3. The van der Waals surface area contributed by atoms with Gasteiger partial charge in [-0.05, 0) is 31.2 Å². The van der Waals surface area contributed by atoms with Gasteiger partial charge in [0.05, 0.1) is 15.9 Å². The van der Waals surface area contributed by atoms with Crippen LogP contribution in [0.3, 0.4) is 0 Å². The first-order chi connectivity index (χ1) is 10.5. The molecule has 0 saturated carbocycles. The van der Waals surface area contributed by atoms with Crippen molar-refractivity contribution in [1.29, 1.82) is 0 Å². The maximum Gasteiger partial charge on any atom is 0.255 e. The molecule has 0 aliphatic heterocycles. The summed E-state index contributed by atoms with van der Waals surface area (Å²) < 4.78 is 5.93. The predicted octanol–water partition coefficient (Wildman–Crippen LogP) is 2.76. The van der Waals surface area contributed by atoms with E-state index in [-0.39, 0.29) is 18.6 Å². The van der Waals surface area contributed by atoms with Crippen LogP contribution in [0.25, 0.3) is 0 Å². The van der Waals surface area contributed by atoms with Crippen LogP contribution >= 0.6 is 22.9 Å². The van der Waals surface area contributed by atoms with Crippen LogP contribution in [0, 0.1) is 0 Å². The van der Waals surface area contributed by atoms with Crippen LogP contribution < -0.4 is 15.8 Å². The number of carbonyl (C=O) groups is 2. The standard InChI is InChI=1S/C15H15ClN2O3S/c1-9(12-6-7-13(16)22-12)18-15(20)10-4-2-3-5-11(10)21-8-14(17)19/h2-7,9H,8H2,1H3,(H2,17,19)(H,18,20)/t9-/m1/s1. The highest BCUT2D eigenvalue weighted by atomic mass is 35.5. The predicted molar refractivity (Wildman–Crippen MR) is 86.3 cm³/mol. The van der Waals surface area contributed by atoms with Crippen LogP contribution in [0.1, 0.15) is 28.2 Å². The molecule has 1 aromatic heterocycles. The van der Waals surface area contributed by atoms with Crippen molar-refractivity contribution < 1.29 is 14.3 Å². The van der Waals surface area contributed by atoms with Gasteiger partial charge >= 0.3 is 0 Å². The molecule has 2 aromatic rings. The molecule has 1 atom stereocenters. The Morgan fingerprint density at radius 1 is 1.32 bits per heavy atom. The molecule has 0 spiro atoms. The minimum atomic E-state index is -0.600. The van der Waals surface area contributed by atoms with E-state index in [1.165, 1.54) is 11.3 Å². The Labute approximate surface area is 137 Å². The summed E-state index contributed by atoms with van der Waals surface area (Å²) in [5.41, 5.74) is 5.40. The van der Waals surface area contributed by atoms with E-state index < -0.39 is 5.91 Å². The SMILES string of the molecule is C[C@@H](NC(=O)c1ccccc1OCC(N)=O)c1ccc(Cl)s1. The Hall–Kier alpha value is -2.05. The second-order valence-electron chi connectivity index (χ2n) is 4.59. The number of carbonyl (C=O) groups excluding carboxylic acids is 2. The summed E-state index contributed by atoms with van der Waals surface area (Å²) in [5, 5.41) is 2.87. The van der Waals surface area contributed by atoms with Crippen molar-refractivity contribution >= 4 is 34.8 Å². The molecular weight excluding hydrogens is 324 g/mol. The highest BCUT2D eigenvalue weighted by molar-refractivity contribution is 7.16. The molecule has 0 unspecified atom stereocenters. The van der Waals surface area contributed by atoms with Crippen LogP contribution in [-0.2, 0) is 4.79 Å². The van der Waals surface area contributed by atoms with Crippen LogP contribution in [0.15, 0.2) is 36.4 Å². The molecule has 2 rings (SSSR count). The minimum Gasteiger partial charge on any atom is -0.483 e. The number of hydrogen-bond acceptors (Lipinski definition) is 4. The molecule has 2 amide bonds. The number of benzene rings is 1. The van der Waals surface area contributed by atoms with E-state index in [0.717, 1.165) is 4.88 Å².